The Balaban J connectivity index is 2.11. The number of rotatable bonds is 7. The average molecular weight is 290 g/mol. The van der Waals surface area contributed by atoms with E-state index in [1.165, 1.54) is 18.2 Å². The Morgan fingerprint density at radius 2 is 2.14 bits per heavy atom. The first-order valence-electron chi connectivity index (χ1n) is 7.91. The number of aryl methyl sites for hydroxylation is 1. The maximum atomic E-state index is 11.6. The molecule has 3 unspecified atom stereocenters. The van der Waals surface area contributed by atoms with Crippen molar-refractivity contribution in [2.45, 2.75) is 46.0 Å². The van der Waals surface area contributed by atoms with Gasteiger partial charge in [-0.25, -0.2) is 0 Å². The zero-order valence-corrected chi connectivity index (χ0v) is 13.5. The molecule has 0 aromatic heterocycles. The summed E-state index contributed by atoms with van der Waals surface area (Å²) in [4.78, 5) is 11.6. The zero-order valence-electron chi connectivity index (χ0n) is 13.5. The smallest absolute Gasteiger partial charge is 0.308 e. The second-order valence-corrected chi connectivity index (χ2v) is 5.94. The van der Waals surface area contributed by atoms with Crippen LogP contribution in [-0.2, 0) is 9.53 Å². The van der Waals surface area contributed by atoms with Crippen molar-refractivity contribution in [3.8, 4) is 5.75 Å². The van der Waals surface area contributed by atoms with Crippen molar-refractivity contribution in [3.05, 3.63) is 29.3 Å². The van der Waals surface area contributed by atoms with E-state index in [2.05, 4.69) is 32.0 Å². The molecule has 1 fully saturated rings. The number of hydrogen-bond acceptors (Lipinski definition) is 3. The van der Waals surface area contributed by atoms with E-state index >= 15 is 0 Å². The Kier molecular flexibility index (Phi) is 5.27. The lowest BCUT2D eigenvalue weighted by atomic mass is 9.89. The average Bonchev–Trinajstić information content (AvgIpc) is 3.25. The van der Waals surface area contributed by atoms with Gasteiger partial charge >= 0.3 is 5.97 Å². The van der Waals surface area contributed by atoms with Gasteiger partial charge in [0.15, 0.2) is 0 Å². The van der Waals surface area contributed by atoms with Gasteiger partial charge in [0.2, 0.25) is 0 Å². The fourth-order valence-corrected chi connectivity index (χ4v) is 3.10. The second kappa shape index (κ2) is 6.97. The van der Waals surface area contributed by atoms with Gasteiger partial charge in [0.05, 0.1) is 19.6 Å². The number of ether oxygens (including phenoxy) is 2. The summed E-state index contributed by atoms with van der Waals surface area (Å²) in [6.07, 6.45) is 3.08. The van der Waals surface area contributed by atoms with Crippen molar-refractivity contribution < 1.29 is 14.3 Å². The number of hydrogen-bond donors (Lipinski definition) is 0. The van der Waals surface area contributed by atoms with Gasteiger partial charge < -0.3 is 9.47 Å². The van der Waals surface area contributed by atoms with E-state index in [0.717, 1.165) is 25.0 Å². The molecule has 3 nitrogen and oxygen atoms in total. The third kappa shape index (κ3) is 3.78. The Morgan fingerprint density at radius 1 is 1.38 bits per heavy atom. The van der Waals surface area contributed by atoms with E-state index in [1.807, 2.05) is 6.92 Å². The van der Waals surface area contributed by atoms with Gasteiger partial charge in [-0.15, -0.1) is 0 Å². The van der Waals surface area contributed by atoms with Crippen molar-refractivity contribution >= 4 is 5.97 Å². The summed E-state index contributed by atoms with van der Waals surface area (Å²) >= 11 is 0. The summed E-state index contributed by atoms with van der Waals surface area (Å²) in [5.74, 6) is 1.97. The molecule has 1 aromatic rings. The van der Waals surface area contributed by atoms with Gasteiger partial charge in [-0.2, -0.15) is 0 Å². The van der Waals surface area contributed by atoms with Crippen molar-refractivity contribution in [2.75, 3.05) is 13.7 Å². The van der Waals surface area contributed by atoms with Crippen LogP contribution in [0.2, 0.25) is 0 Å². The molecule has 2 rings (SSSR count). The Labute approximate surface area is 127 Å². The molecule has 0 N–H and O–H groups in total. The predicted octanol–water partition coefficient (Wildman–Crippen LogP) is 4.09. The number of carbonyl (C=O) groups is 1. The van der Waals surface area contributed by atoms with E-state index in [-0.39, 0.29) is 11.9 Å². The van der Waals surface area contributed by atoms with Crippen LogP contribution in [-0.4, -0.2) is 19.7 Å². The summed E-state index contributed by atoms with van der Waals surface area (Å²) in [6, 6.07) is 6.39. The first-order chi connectivity index (χ1) is 10.1. The quantitative estimate of drug-likeness (QED) is 0.710. The van der Waals surface area contributed by atoms with Gasteiger partial charge in [0.25, 0.3) is 0 Å². The van der Waals surface area contributed by atoms with E-state index in [0.29, 0.717) is 18.4 Å². The molecule has 0 amide bonds. The SMILES string of the molecule is CCOc1ccc(C)cc1C(CC)CC1CC1C(=O)OC. The van der Waals surface area contributed by atoms with Crippen LogP contribution in [0.3, 0.4) is 0 Å². The first-order valence-corrected chi connectivity index (χ1v) is 7.91. The van der Waals surface area contributed by atoms with E-state index in [4.69, 9.17) is 9.47 Å². The molecule has 0 bridgehead atoms. The Morgan fingerprint density at radius 3 is 2.76 bits per heavy atom. The monoisotopic (exact) mass is 290 g/mol. The van der Waals surface area contributed by atoms with Gasteiger partial charge in [0.1, 0.15) is 5.75 Å². The van der Waals surface area contributed by atoms with E-state index in [9.17, 15) is 4.79 Å². The minimum atomic E-state index is -0.0517. The third-order valence-corrected chi connectivity index (χ3v) is 4.41. The number of benzene rings is 1. The fourth-order valence-electron chi connectivity index (χ4n) is 3.10. The molecule has 1 saturated carbocycles. The molecule has 3 atom stereocenters. The highest BCUT2D eigenvalue weighted by molar-refractivity contribution is 5.75. The van der Waals surface area contributed by atoms with Gasteiger partial charge in [-0.05, 0) is 56.6 Å². The lowest BCUT2D eigenvalue weighted by molar-refractivity contribution is -0.142. The molecule has 1 aliphatic rings. The fraction of sp³-hybridized carbons (Fsp3) is 0.611. The van der Waals surface area contributed by atoms with Crippen LogP contribution in [0.25, 0.3) is 0 Å². The molecule has 0 spiro atoms. The van der Waals surface area contributed by atoms with Gasteiger partial charge in [-0.1, -0.05) is 24.6 Å². The third-order valence-electron chi connectivity index (χ3n) is 4.41. The molecule has 116 valence electrons. The molecule has 0 aliphatic heterocycles. The molecule has 0 radical (unpaired) electrons. The van der Waals surface area contributed by atoms with Crippen LogP contribution in [0.15, 0.2) is 18.2 Å². The molecular formula is C18H26O3. The van der Waals surface area contributed by atoms with Crippen molar-refractivity contribution in [1.82, 2.24) is 0 Å². The highest BCUT2D eigenvalue weighted by Crippen LogP contribution is 2.47. The summed E-state index contributed by atoms with van der Waals surface area (Å²) < 4.78 is 10.6. The predicted molar refractivity (Wildman–Crippen MR) is 83.6 cm³/mol. The zero-order chi connectivity index (χ0) is 15.4. The van der Waals surface area contributed by atoms with Crippen LogP contribution >= 0.6 is 0 Å². The van der Waals surface area contributed by atoms with E-state index < -0.39 is 0 Å². The lowest BCUT2D eigenvalue weighted by Gasteiger charge is -2.20. The topological polar surface area (TPSA) is 35.5 Å². The molecule has 1 aliphatic carbocycles. The summed E-state index contributed by atoms with van der Waals surface area (Å²) in [7, 11) is 1.47. The van der Waals surface area contributed by atoms with E-state index in [1.54, 1.807) is 0 Å². The molecule has 0 saturated heterocycles. The van der Waals surface area contributed by atoms with Crippen LogP contribution < -0.4 is 4.74 Å². The van der Waals surface area contributed by atoms with Gasteiger partial charge in [0, 0.05) is 0 Å². The largest absolute Gasteiger partial charge is 0.494 e. The number of carbonyl (C=O) groups excluding carboxylic acids is 1. The van der Waals surface area contributed by atoms with Crippen molar-refractivity contribution in [2.24, 2.45) is 11.8 Å². The van der Waals surface area contributed by atoms with Crippen molar-refractivity contribution in [1.29, 1.82) is 0 Å². The minimum Gasteiger partial charge on any atom is -0.494 e. The van der Waals surface area contributed by atoms with Crippen LogP contribution in [0.4, 0.5) is 0 Å². The summed E-state index contributed by atoms with van der Waals surface area (Å²) in [5.41, 5.74) is 2.54. The van der Waals surface area contributed by atoms with Crippen molar-refractivity contribution in [3.63, 3.8) is 0 Å². The standard InChI is InChI=1S/C18H26O3/c1-5-13(10-14-11-16(14)18(19)20-4)15-9-12(3)7-8-17(15)21-6-2/h7-9,13-14,16H,5-6,10-11H2,1-4H3. The summed E-state index contributed by atoms with van der Waals surface area (Å²) in [5, 5.41) is 0. The maximum Gasteiger partial charge on any atom is 0.308 e. The second-order valence-electron chi connectivity index (χ2n) is 5.94. The number of esters is 1. The highest BCUT2D eigenvalue weighted by atomic mass is 16.5. The normalized spacial score (nSPS) is 21.7. The molecule has 3 heteroatoms. The Hall–Kier alpha value is -1.51. The Bertz CT molecular complexity index is 495. The lowest BCUT2D eigenvalue weighted by Crippen LogP contribution is -2.08. The molecule has 0 heterocycles. The van der Waals surface area contributed by atoms with Crippen LogP contribution in [0.5, 0.6) is 5.75 Å². The summed E-state index contributed by atoms with van der Waals surface area (Å²) in [6.45, 7) is 7.01. The van der Waals surface area contributed by atoms with Crippen LogP contribution in [0.1, 0.15) is 50.2 Å². The first kappa shape index (κ1) is 15.9. The minimum absolute atomic E-state index is 0.0517. The highest BCUT2D eigenvalue weighted by Gasteiger charge is 2.44. The molecular weight excluding hydrogens is 264 g/mol. The molecule has 1 aromatic carbocycles. The molecule has 21 heavy (non-hydrogen) atoms. The van der Waals surface area contributed by atoms with Crippen LogP contribution in [0, 0.1) is 18.8 Å². The maximum absolute atomic E-state index is 11.6. The number of methoxy groups -OCH3 is 1. The van der Waals surface area contributed by atoms with Gasteiger partial charge in [-0.3, -0.25) is 4.79 Å².